The first-order valence-corrected chi connectivity index (χ1v) is 15.0. The van der Waals surface area contributed by atoms with Gasteiger partial charge in [0, 0.05) is 43.2 Å². The number of carbonyl (C=O) groups is 1. The summed E-state index contributed by atoms with van der Waals surface area (Å²) >= 11 is 0. The van der Waals surface area contributed by atoms with E-state index in [1.807, 2.05) is 35.9 Å². The van der Waals surface area contributed by atoms with Crippen molar-refractivity contribution in [1.29, 1.82) is 0 Å². The van der Waals surface area contributed by atoms with Gasteiger partial charge in [-0.05, 0) is 91.6 Å². The maximum absolute atomic E-state index is 14.4. The zero-order valence-corrected chi connectivity index (χ0v) is 24.3. The summed E-state index contributed by atoms with van der Waals surface area (Å²) in [6, 6.07) is 10.7. The molecule has 1 aliphatic carbocycles. The molecule has 0 bridgehead atoms. The van der Waals surface area contributed by atoms with E-state index in [0.29, 0.717) is 42.6 Å². The molecule has 6 rings (SSSR count). The Hall–Kier alpha value is -3.24. The number of hydrogen-bond donors (Lipinski definition) is 1. The zero-order chi connectivity index (χ0) is 29.6. The van der Waals surface area contributed by atoms with Crippen molar-refractivity contribution < 1.29 is 18.0 Å². The Morgan fingerprint density at radius 3 is 2.67 bits per heavy atom. The van der Waals surface area contributed by atoms with Crippen molar-refractivity contribution in [3.8, 4) is 0 Å². The Morgan fingerprint density at radius 1 is 1.14 bits per heavy atom. The second-order valence-corrected chi connectivity index (χ2v) is 12.8. The van der Waals surface area contributed by atoms with E-state index in [9.17, 15) is 18.0 Å². The molecule has 1 amide bonds. The zero-order valence-electron chi connectivity index (χ0n) is 24.3. The molecule has 3 heterocycles. The Morgan fingerprint density at radius 2 is 1.95 bits per heavy atom. The average Bonchev–Trinajstić information content (AvgIpc) is 3.41. The quantitative estimate of drug-likeness (QED) is 0.401. The Bertz CT molecular complexity index is 1460. The monoisotopic (exact) mass is 580 g/mol. The lowest BCUT2D eigenvalue weighted by Crippen LogP contribution is -2.46. The molecule has 3 aromatic rings. The molecule has 0 radical (unpaired) electrons. The molecule has 224 valence electrons. The van der Waals surface area contributed by atoms with Crippen LogP contribution in [0.2, 0.25) is 0 Å². The molecule has 2 fully saturated rings. The van der Waals surface area contributed by atoms with Crippen LogP contribution in [0.4, 0.5) is 18.9 Å². The molecule has 3 aliphatic rings. The van der Waals surface area contributed by atoms with Gasteiger partial charge in [0.1, 0.15) is 12.2 Å². The fourth-order valence-corrected chi connectivity index (χ4v) is 7.34. The topological polar surface area (TPSA) is 80.3 Å². The van der Waals surface area contributed by atoms with Gasteiger partial charge in [0.25, 0.3) is 5.91 Å². The highest BCUT2D eigenvalue weighted by Crippen LogP contribution is 2.50. The molecule has 0 spiro atoms. The van der Waals surface area contributed by atoms with Gasteiger partial charge in [0.15, 0.2) is 0 Å². The Kier molecular flexibility index (Phi) is 7.64. The summed E-state index contributed by atoms with van der Waals surface area (Å²) in [5.41, 5.74) is 7.49. The van der Waals surface area contributed by atoms with Crippen molar-refractivity contribution in [1.82, 2.24) is 19.7 Å². The lowest BCUT2D eigenvalue weighted by Gasteiger charge is -2.48. The van der Waals surface area contributed by atoms with Crippen LogP contribution >= 0.6 is 0 Å². The predicted octanol–water partition coefficient (Wildman–Crippen LogP) is 5.47. The van der Waals surface area contributed by atoms with E-state index >= 15 is 0 Å². The number of rotatable bonds is 7. The first-order valence-electron chi connectivity index (χ1n) is 15.0. The van der Waals surface area contributed by atoms with E-state index in [4.69, 9.17) is 5.73 Å². The summed E-state index contributed by atoms with van der Waals surface area (Å²) in [7, 11) is 1.92. The number of hydrogen-bond acceptors (Lipinski definition) is 5. The third-order valence-corrected chi connectivity index (χ3v) is 9.57. The summed E-state index contributed by atoms with van der Waals surface area (Å²) in [6.07, 6.45) is 2.87. The number of amides is 1. The van der Waals surface area contributed by atoms with E-state index in [1.54, 1.807) is 12.4 Å². The van der Waals surface area contributed by atoms with Gasteiger partial charge in [-0.1, -0.05) is 25.5 Å². The van der Waals surface area contributed by atoms with Crippen molar-refractivity contribution in [3.05, 3.63) is 76.4 Å². The van der Waals surface area contributed by atoms with Gasteiger partial charge >= 0.3 is 6.18 Å². The third-order valence-electron chi connectivity index (χ3n) is 9.57. The van der Waals surface area contributed by atoms with E-state index in [2.05, 4.69) is 22.0 Å². The lowest BCUT2D eigenvalue weighted by molar-refractivity contribution is -0.138. The lowest BCUT2D eigenvalue weighted by atomic mass is 9.57. The van der Waals surface area contributed by atoms with Crippen molar-refractivity contribution in [3.63, 3.8) is 0 Å². The minimum atomic E-state index is -4.55. The number of aryl methyl sites for hydroxylation is 1. The van der Waals surface area contributed by atoms with Gasteiger partial charge in [0.05, 0.1) is 12.1 Å². The molecular formula is C32H39F3N6O. The van der Waals surface area contributed by atoms with Crippen LogP contribution in [0, 0.1) is 11.8 Å². The third kappa shape index (κ3) is 5.46. The van der Waals surface area contributed by atoms with Crippen molar-refractivity contribution in [2.24, 2.45) is 24.6 Å². The number of nitrogens with two attached hydrogens (primary N) is 1. The van der Waals surface area contributed by atoms with Crippen LogP contribution in [-0.4, -0.2) is 45.2 Å². The number of benzene rings is 2. The van der Waals surface area contributed by atoms with Crippen LogP contribution < -0.4 is 10.6 Å². The van der Waals surface area contributed by atoms with Crippen LogP contribution in [0.15, 0.2) is 42.7 Å². The largest absolute Gasteiger partial charge is 0.416 e. The predicted molar refractivity (Wildman–Crippen MR) is 155 cm³/mol. The standard InChI is InChI=1S/C32H39F3N6O/c1-21-6-3-4-9-40(17-21)18-22-10-26-27(28(11-22)32(33,34)35)19-41(30(26)42)25-8-5-7-24(12-25)31(13-23(14-31)16-36)15-29-38-37-20-39(29)2/h5,7-8,10-12,20-21,23H,3-4,6,9,13-19,36H2,1-2H3/t21?,23-,31-. The number of likely N-dealkylation sites (tertiary alicyclic amines) is 1. The van der Waals surface area contributed by atoms with Gasteiger partial charge in [-0.15, -0.1) is 10.2 Å². The molecule has 1 atom stereocenters. The van der Waals surface area contributed by atoms with Crippen LogP contribution in [0.1, 0.15) is 77.5 Å². The second kappa shape index (κ2) is 11.1. The minimum absolute atomic E-state index is 0.0616. The molecule has 2 N–H and O–H groups in total. The number of fused-ring (bicyclic) bond motifs is 1. The molecule has 10 heteroatoms. The molecule has 1 aromatic heterocycles. The van der Waals surface area contributed by atoms with Gasteiger partial charge in [0.2, 0.25) is 0 Å². The smallest absolute Gasteiger partial charge is 0.330 e. The Balaban J connectivity index is 1.31. The second-order valence-electron chi connectivity index (χ2n) is 12.8. The molecule has 42 heavy (non-hydrogen) atoms. The first kappa shape index (κ1) is 28.9. The molecule has 1 saturated carbocycles. The van der Waals surface area contributed by atoms with E-state index < -0.39 is 11.7 Å². The molecular weight excluding hydrogens is 541 g/mol. The van der Waals surface area contributed by atoms with Gasteiger partial charge in [-0.25, -0.2) is 0 Å². The summed E-state index contributed by atoms with van der Waals surface area (Å²) < 4.78 is 45.0. The number of carbonyl (C=O) groups excluding carboxylic acids is 1. The Labute approximate surface area is 244 Å². The summed E-state index contributed by atoms with van der Waals surface area (Å²) in [4.78, 5) is 17.5. The van der Waals surface area contributed by atoms with E-state index in [-0.39, 0.29) is 29.0 Å². The van der Waals surface area contributed by atoms with Crippen LogP contribution in [0.5, 0.6) is 0 Å². The van der Waals surface area contributed by atoms with Gasteiger partial charge in [-0.2, -0.15) is 13.2 Å². The van der Waals surface area contributed by atoms with Crippen molar-refractivity contribution in [2.75, 3.05) is 24.5 Å². The van der Waals surface area contributed by atoms with Crippen LogP contribution in [0.25, 0.3) is 0 Å². The molecule has 2 aromatic carbocycles. The fraction of sp³-hybridized carbons (Fsp3) is 0.531. The number of alkyl halides is 3. The molecule has 1 unspecified atom stereocenters. The van der Waals surface area contributed by atoms with Crippen molar-refractivity contribution in [2.45, 2.75) is 70.1 Å². The maximum atomic E-state index is 14.4. The molecule has 1 saturated heterocycles. The van der Waals surface area contributed by atoms with Crippen LogP contribution in [-0.2, 0) is 38.1 Å². The summed E-state index contributed by atoms with van der Waals surface area (Å²) in [5, 5.41) is 8.33. The number of anilines is 1. The first-order chi connectivity index (χ1) is 20.1. The van der Waals surface area contributed by atoms with Crippen molar-refractivity contribution >= 4 is 11.6 Å². The average molecular weight is 581 g/mol. The highest BCUT2D eigenvalue weighted by molar-refractivity contribution is 6.10. The minimum Gasteiger partial charge on any atom is -0.330 e. The molecule has 2 aliphatic heterocycles. The number of nitrogens with zero attached hydrogens (tertiary/aromatic N) is 5. The van der Waals surface area contributed by atoms with E-state index in [0.717, 1.165) is 56.6 Å². The highest BCUT2D eigenvalue weighted by Gasteiger charge is 2.46. The highest BCUT2D eigenvalue weighted by atomic mass is 19.4. The van der Waals surface area contributed by atoms with Gasteiger partial charge < -0.3 is 15.2 Å². The van der Waals surface area contributed by atoms with Gasteiger partial charge in [-0.3, -0.25) is 9.69 Å². The molecule has 7 nitrogen and oxygen atoms in total. The maximum Gasteiger partial charge on any atom is 0.416 e. The summed E-state index contributed by atoms with van der Waals surface area (Å²) in [5.74, 6) is 1.37. The normalized spacial score (nSPS) is 24.9. The van der Waals surface area contributed by atoms with Crippen LogP contribution in [0.3, 0.4) is 0 Å². The van der Waals surface area contributed by atoms with E-state index in [1.165, 1.54) is 11.0 Å². The number of halogens is 3. The fourth-order valence-electron chi connectivity index (χ4n) is 7.34. The SMILES string of the molecule is CC1CCCCN(Cc2cc3c(c(C(F)(F)F)c2)CN(c2cccc([C@]4(Cc5nncn5C)C[C@@H](CN)C4)c2)C3=O)C1. The summed E-state index contributed by atoms with van der Waals surface area (Å²) in [6.45, 7) is 4.81. The number of aromatic nitrogens is 3.